The van der Waals surface area contributed by atoms with Crippen molar-refractivity contribution in [3.05, 3.63) is 59.2 Å². The number of carboxylic acids is 1. The molecule has 0 aromatic heterocycles. The number of hydrogen-bond acceptors (Lipinski definition) is 4. The van der Waals surface area contributed by atoms with Gasteiger partial charge in [-0.05, 0) is 74.1 Å². The van der Waals surface area contributed by atoms with E-state index in [-0.39, 0.29) is 10.8 Å². The van der Waals surface area contributed by atoms with Crippen LogP contribution in [0, 0.1) is 13.8 Å². The molecule has 0 aliphatic heterocycles. The van der Waals surface area contributed by atoms with E-state index in [4.69, 9.17) is 9.90 Å². The van der Waals surface area contributed by atoms with E-state index in [9.17, 15) is 26.4 Å². The lowest BCUT2D eigenvalue weighted by Crippen LogP contribution is -2.35. The number of carbonyl (C=O) groups excluding carboxylic acids is 1. The number of anilines is 1. The van der Waals surface area contributed by atoms with Gasteiger partial charge in [-0.2, -0.15) is 13.2 Å². The van der Waals surface area contributed by atoms with Crippen LogP contribution in [0.15, 0.2) is 47.4 Å². The smallest absolute Gasteiger partial charge is 0.475 e. The third-order valence-electron chi connectivity index (χ3n) is 5.44. The van der Waals surface area contributed by atoms with Crippen LogP contribution in [0.3, 0.4) is 0 Å². The largest absolute Gasteiger partial charge is 0.490 e. The summed E-state index contributed by atoms with van der Waals surface area (Å²) in [5.41, 5.74) is 2.96. The Morgan fingerprint density at radius 2 is 1.59 bits per heavy atom. The number of carbonyl (C=O) groups is 2. The first-order valence-electron chi connectivity index (χ1n) is 10.5. The van der Waals surface area contributed by atoms with Gasteiger partial charge in [0.15, 0.2) is 0 Å². The summed E-state index contributed by atoms with van der Waals surface area (Å²) < 4.78 is 59.6. The number of hydrogen-bond donors (Lipinski definition) is 3. The molecule has 0 spiro atoms. The second kappa shape index (κ2) is 10.5. The van der Waals surface area contributed by atoms with E-state index in [1.807, 2.05) is 32.9 Å². The first-order valence-corrected chi connectivity index (χ1v) is 12.0. The first-order chi connectivity index (χ1) is 15.7. The standard InChI is InChI=1S/C21H26N2O3S.C2HF3O2/c1-4-13-22-20(24)21(11-12-21)17-6-8-18(9-7-17)23-27(25,26)19-10-5-15(2)16(3)14-19;3-2(4,5)1(6)7/h5-10,14,23H,4,11-13H2,1-3H3,(H,22,24);(H,6,7). The number of carboxylic acid groups (broad SMARTS) is 1. The fourth-order valence-electron chi connectivity index (χ4n) is 3.13. The highest BCUT2D eigenvalue weighted by atomic mass is 32.2. The van der Waals surface area contributed by atoms with Crippen LogP contribution in [0.25, 0.3) is 0 Å². The maximum absolute atomic E-state index is 12.6. The van der Waals surface area contributed by atoms with Gasteiger partial charge in [-0.25, -0.2) is 13.2 Å². The Morgan fingerprint density at radius 3 is 2.03 bits per heavy atom. The summed E-state index contributed by atoms with van der Waals surface area (Å²) in [6.07, 6.45) is -2.52. The first kappa shape index (κ1) is 27.2. The molecule has 3 N–H and O–H groups in total. The lowest BCUT2D eigenvalue weighted by Gasteiger charge is -2.16. The van der Waals surface area contributed by atoms with Crippen molar-refractivity contribution in [3.63, 3.8) is 0 Å². The second-order valence-corrected chi connectivity index (χ2v) is 9.75. The van der Waals surface area contributed by atoms with Gasteiger partial charge in [0.2, 0.25) is 5.91 Å². The van der Waals surface area contributed by atoms with E-state index in [1.165, 1.54) is 0 Å². The summed E-state index contributed by atoms with van der Waals surface area (Å²) in [7, 11) is -3.64. The molecule has 0 heterocycles. The Morgan fingerprint density at radius 1 is 1.03 bits per heavy atom. The molecule has 186 valence electrons. The van der Waals surface area contributed by atoms with Crippen molar-refractivity contribution < 1.29 is 36.3 Å². The molecular weight excluding hydrogens is 473 g/mol. The van der Waals surface area contributed by atoms with Crippen molar-refractivity contribution >= 4 is 27.6 Å². The van der Waals surface area contributed by atoms with E-state index < -0.39 is 27.6 Å². The van der Waals surface area contributed by atoms with Crippen LogP contribution in [0.4, 0.5) is 18.9 Å². The highest BCUT2D eigenvalue weighted by Gasteiger charge is 2.51. The number of sulfonamides is 1. The molecule has 11 heteroatoms. The molecule has 0 radical (unpaired) electrons. The number of aliphatic carboxylic acids is 1. The van der Waals surface area contributed by atoms with Crippen molar-refractivity contribution in [2.75, 3.05) is 11.3 Å². The summed E-state index contributed by atoms with van der Waals surface area (Å²) in [6.45, 7) is 6.54. The molecule has 1 amide bonds. The molecule has 0 unspecified atom stereocenters. The van der Waals surface area contributed by atoms with E-state index in [0.29, 0.717) is 12.2 Å². The summed E-state index contributed by atoms with van der Waals surface area (Å²) in [6, 6.07) is 12.2. The number of aryl methyl sites for hydroxylation is 2. The van der Waals surface area contributed by atoms with Gasteiger partial charge in [0.1, 0.15) is 0 Å². The molecule has 3 rings (SSSR count). The quantitative estimate of drug-likeness (QED) is 0.525. The van der Waals surface area contributed by atoms with Gasteiger partial charge >= 0.3 is 12.1 Å². The van der Waals surface area contributed by atoms with E-state index in [1.54, 1.807) is 30.3 Å². The minimum atomic E-state index is -5.08. The Bertz CT molecular complexity index is 1140. The Hall–Kier alpha value is -3.08. The molecule has 1 aliphatic carbocycles. The summed E-state index contributed by atoms with van der Waals surface area (Å²) in [5, 5.41) is 10.1. The van der Waals surface area contributed by atoms with Gasteiger partial charge in [-0.3, -0.25) is 9.52 Å². The van der Waals surface area contributed by atoms with Gasteiger partial charge < -0.3 is 10.4 Å². The molecule has 34 heavy (non-hydrogen) atoms. The van der Waals surface area contributed by atoms with Gasteiger partial charge in [-0.15, -0.1) is 0 Å². The fourth-order valence-corrected chi connectivity index (χ4v) is 4.28. The molecule has 0 atom stereocenters. The summed E-state index contributed by atoms with van der Waals surface area (Å²) >= 11 is 0. The Labute approximate surface area is 196 Å². The average molecular weight is 501 g/mol. The van der Waals surface area contributed by atoms with E-state index in [0.717, 1.165) is 36.0 Å². The number of benzene rings is 2. The van der Waals surface area contributed by atoms with Gasteiger partial charge in [0, 0.05) is 12.2 Å². The minimum absolute atomic E-state index is 0.0628. The highest BCUT2D eigenvalue weighted by Crippen LogP contribution is 2.48. The topological polar surface area (TPSA) is 113 Å². The SMILES string of the molecule is CCCNC(=O)C1(c2ccc(NS(=O)(=O)c3ccc(C)c(C)c3)cc2)CC1.O=C(O)C(F)(F)F. The predicted octanol–water partition coefficient (Wildman–Crippen LogP) is 4.30. The second-order valence-electron chi connectivity index (χ2n) is 8.07. The number of rotatable bonds is 7. The minimum Gasteiger partial charge on any atom is -0.475 e. The van der Waals surface area contributed by atoms with Crippen molar-refractivity contribution in [1.82, 2.24) is 5.32 Å². The molecular formula is C23H27F3N2O5S. The van der Waals surface area contributed by atoms with Gasteiger partial charge in [-0.1, -0.05) is 25.1 Å². The lowest BCUT2D eigenvalue weighted by atomic mass is 9.95. The van der Waals surface area contributed by atoms with Crippen LogP contribution >= 0.6 is 0 Å². The number of amides is 1. The van der Waals surface area contributed by atoms with Crippen LogP contribution in [0.2, 0.25) is 0 Å². The Balaban J connectivity index is 0.000000509. The third kappa shape index (κ3) is 6.72. The summed E-state index contributed by atoms with van der Waals surface area (Å²) in [5.74, 6) is -2.69. The lowest BCUT2D eigenvalue weighted by molar-refractivity contribution is -0.192. The molecule has 2 aromatic rings. The maximum Gasteiger partial charge on any atom is 0.490 e. The normalized spacial score (nSPS) is 14.4. The zero-order valence-corrected chi connectivity index (χ0v) is 19.8. The van der Waals surface area contributed by atoms with Crippen LogP contribution < -0.4 is 10.0 Å². The summed E-state index contributed by atoms with van der Waals surface area (Å²) in [4.78, 5) is 21.6. The molecule has 0 bridgehead atoms. The van der Waals surface area contributed by atoms with Crippen LogP contribution in [-0.4, -0.2) is 38.1 Å². The zero-order chi connectivity index (χ0) is 25.7. The molecule has 0 saturated heterocycles. The van der Waals surface area contributed by atoms with Gasteiger partial charge in [0.25, 0.3) is 10.0 Å². The monoisotopic (exact) mass is 500 g/mol. The number of nitrogens with one attached hydrogen (secondary N) is 2. The average Bonchev–Trinajstić information content (AvgIpc) is 3.56. The maximum atomic E-state index is 12.6. The number of halogens is 3. The third-order valence-corrected chi connectivity index (χ3v) is 6.82. The van der Waals surface area contributed by atoms with Crippen LogP contribution in [-0.2, 0) is 25.0 Å². The highest BCUT2D eigenvalue weighted by molar-refractivity contribution is 7.92. The van der Waals surface area contributed by atoms with Crippen molar-refractivity contribution in [2.45, 2.75) is 56.5 Å². The van der Waals surface area contributed by atoms with Gasteiger partial charge in [0.05, 0.1) is 10.3 Å². The Kier molecular flexibility index (Phi) is 8.35. The molecule has 1 fully saturated rings. The van der Waals surface area contributed by atoms with E-state index in [2.05, 4.69) is 10.0 Å². The van der Waals surface area contributed by atoms with Crippen molar-refractivity contribution in [3.8, 4) is 0 Å². The number of alkyl halides is 3. The van der Waals surface area contributed by atoms with Crippen molar-refractivity contribution in [2.24, 2.45) is 0 Å². The molecule has 1 saturated carbocycles. The van der Waals surface area contributed by atoms with Crippen LogP contribution in [0.1, 0.15) is 42.9 Å². The van der Waals surface area contributed by atoms with Crippen LogP contribution in [0.5, 0.6) is 0 Å². The molecule has 1 aliphatic rings. The molecule has 2 aromatic carbocycles. The van der Waals surface area contributed by atoms with E-state index >= 15 is 0 Å². The molecule has 7 nitrogen and oxygen atoms in total. The van der Waals surface area contributed by atoms with Crippen molar-refractivity contribution in [1.29, 1.82) is 0 Å². The predicted molar refractivity (Wildman–Crippen MR) is 121 cm³/mol. The fraction of sp³-hybridized carbons (Fsp3) is 0.391. The zero-order valence-electron chi connectivity index (χ0n) is 19.0.